The van der Waals surface area contributed by atoms with Gasteiger partial charge in [-0.2, -0.15) is 0 Å². The number of methoxy groups -OCH3 is 1. The summed E-state index contributed by atoms with van der Waals surface area (Å²) in [6, 6.07) is 2.49. The molecule has 1 heterocycles. The second-order valence-electron chi connectivity index (χ2n) is 4.52. The fourth-order valence-corrected chi connectivity index (χ4v) is 2.27. The van der Waals surface area contributed by atoms with Crippen molar-refractivity contribution in [3.05, 3.63) is 29.6 Å². The number of aromatic hydroxyl groups is 1. The first-order chi connectivity index (χ1) is 9.45. The van der Waals surface area contributed by atoms with Gasteiger partial charge in [0.15, 0.2) is 0 Å². The number of esters is 1. The molecule has 0 bridgehead atoms. The molecule has 2 atom stereocenters. The first-order valence-corrected chi connectivity index (χ1v) is 6.00. The molecule has 0 aliphatic carbocycles. The smallest absolute Gasteiger partial charge is 0.328 e. The molecule has 1 aliphatic heterocycles. The highest BCUT2D eigenvalue weighted by atomic mass is 19.1. The van der Waals surface area contributed by atoms with Crippen LogP contribution < -0.4 is 0 Å². The lowest BCUT2D eigenvalue weighted by atomic mass is 10.1. The fraction of sp³-hybridized carbons (Fsp3) is 0.385. The van der Waals surface area contributed by atoms with E-state index in [-0.39, 0.29) is 13.0 Å². The summed E-state index contributed by atoms with van der Waals surface area (Å²) in [5.74, 6) is -2.95. The van der Waals surface area contributed by atoms with E-state index in [1.54, 1.807) is 0 Å². The SMILES string of the molecule is COC(=O)C1CC(O)CN1C(=O)c1c(O)cccc1F. The van der Waals surface area contributed by atoms with E-state index in [2.05, 4.69) is 4.74 Å². The van der Waals surface area contributed by atoms with Crippen molar-refractivity contribution in [1.82, 2.24) is 4.90 Å². The number of carbonyl (C=O) groups excluding carboxylic acids is 2. The average Bonchev–Trinajstić information content (AvgIpc) is 2.79. The molecule has 0 saturated carbocycles. The Kier molecular flexibility index (Phi) is 3.89. The van der Waals surface area contributed by atoms with Crippen molar-refractivity contribution in [1.29, 1.82) is 0 Å². The number of hydrogen-bond donors (Lipinski definition) is 2. The van der Waals surface area contributed by atoms with Gasteiger partial charge in [0, 0.05) is 13.0 Å². The van der Waals surface area contributed by atoms with Gasteiger partial charge >= 0.3 is 5.97 Å². The maximum Gasteiger partial charge on any atom is 0.328 e. The van der Waals surface area contributed by atoms with Crippen molar-refractivity contribution < 1.29 is 28.9 Å². The molecule has 0 radical (unpaired) electrons. The molecule has 7 heteroatoms. The second kappa shape index (κ2) is 5.46. The molecule has 20 heavy (non-hydrogen) atoms. The highest BCUT2D eigenvalue weighted by Gasteiger charge is 2.41. The molecule has 0 spiro atoms. The van der Waals surface area contributed by atoms with Gasteiger partial charge in [-0.3, -0.25) is 4.79 Å². The summed E-state index contributed by atoms with van der Waals surface area (Å²) in [7, 11) is 1.16. The Morgan fingerprint density at radius 3 is 2.75 bits per heavy atom. The molecule has 1 saturated heterocycles. The minimum absolute atomic E-state index is 0.0215. The van der Waals surface area contributed by atoms with E-state index in [9.17, 15) is 24.2 Å². The number of benzene rings is 1. The summed E-state index contributed by atoms with van der Waals surface area (Å²) in [5.41, 5.74) is -0.518. The fourth-order valence-electron chi connectivity index (χ4n) is 2.27. The zero-order valence-corrected chi connectivity index (χ0v) is 10.7. The van der Waals surface area contributed by atoms with Crippen molar-refractivity contribution in [3.8, 4) is 5.75 Å². The molecule has 1 aliphatic rings. The number of rotatable bonds is 2. The Balaban J connectivity index is 2.34. The van der Waals surface area contributed by atoms with Gasteiger partial charge in [-0.15, -0.1) is 0 Å². The highest BCUT2D eigenvalue weighted by Crippen LogP contribution is 2.27. The Bertz CT molecular complexity index is 527. The number of nitrogens with zero attached hydrogens (tertiary/aromatic N) is 1. The normalized spacial score (nSPS) is 21.9. The molecule has 1 amide bonds. The van der Waals surface area contributed by atoms with E-state index in [0.29, 0.717) is 0 Å². The lowest BCUT2D eigenvalue weighted by Crippen LogP contribution is -2.41. The highest BCUT2D eigenvalue weighted by molar-refractivity contribution is 5.99. The second-order valence-corrected chi connectivity index (χ2v) is 4.52. The van der Waals surface area contributed by atoms with E-state index in [1.165, 1.54) is 12.1 Å². The number of aliphatic hydroxyl groups is 1. The number of aliphatic hydroxyl groups excluding tert-OH is 1. The Morgan fingerprint density at radius 2 is 2.15 bits per heavy atom. The number of phenols is 1. The summed E-state index contributed by atoms with van der Waals surface area (Å²) in [4.78, 5) is 24.9. The van der Waals surface area contributed by atoms with Crippen molar-refractivity contribution in [2.24, 2.45) is 0 Å². The average molecular weight is 283 g/mol. The van der Waals surface area contributed by atoms with Gasteiger partial charge in [0.25, 0.3) is 5.91 Å². The number of likely N-dealkylation sites (tertiary alicyclic amines) is 1. The summed E-state index contributed by atoms with van der Waals surface area (Å²) in [5, 5.41) is 19.2. The van der Waals surface area contributed by atoms with E-state index in [0.717, 1.165) is 18.1 Å². The predicted molar refractivity (Wildman–Crippen MR) is 65.5 cm³/mol. The van der Waals surface area contributed by atoms with Crippen molar-refractivity contribution in [2.75, 3.05) is 13.7 Å². The van der Waals surface area contributed by atoms with Crippen LogP contribution in [0.25, 0.3) is 0 Å². The Morgan fingerprint density at radius 1 is 1.45 bits per heavy atom. The number of ether oxygens (including phenoxy) is 1. The van der Waals surface area contributed by atoms with E-state index in [1.807, 2.05) is 0 Å². The van der Waals surface area contributed by atoms with E-state index >= 15 is 0 Å². The molecule has 0 aromatic heterocycles. The molecule has 2 unspecified atom stereocenters. The molecule has 6 nitrogen and oxygen atoms in total. The van der Waals surface area contributed by atoms with Crippen LogP contribution in [0, 0.1) is 5.82 Å². The molecule has 1 fully saturated rings. The number of β-amino-alcohol motifs (C(OH)–C–C–N with tert-alkyl or cyclic N) is 1. The zero-order valence-electron chi connectivity index (χ0n) is 10.7. The lowest BCUT2D eigenvalue weighted by molar-refractivity contribution is -0.145. The van der Waals surface area contributed by atoms with Crippen LogP contribution in [-0.2, 0) is 9.53 Å². The molecule has 1 aromatic rings. The molecule has 2 N–H and O–H groups in total. The molecular weight excluding hydrogens is 269 g/mol. The monoisotopic (exact) mass is 283 g/mol. The minimum Gasteiger partial charge on any atom is -0.507 e. The summed E-state index contributed by atoms with van der Waals surface area (Å²) in [6.07, 6.45) is -0.870. The maximum atomic E-state index is 13.7. The zero-order chi connectivity index (χ0) is 14.9. The number of hydrogen-bond acceptors (Lipinski definition) is 5. The third kappa shape index (κ3) is 2.44. The first kappa shape index (κ1) is 14.3. The van der Waals surface area contributed by atoms with Crippen LogP contribution >= 0.6 is 0 Å². The van der Waals surface area contributed by atoms with Crippen molar-refractivity contribution in [2.45, 2.75) is 18.6 Å². The van der Waals surface area contributed by atoms with Gasteiger partial charge in [-0.1, -0.05) is 6.07 Å². The number of phenolic OH excluding ortho intramolecular Hbond substituents is 1. The topological polar surface area (TPSA) is 87.1 Å². The van der Waals surface area contributed by atoms with Gasteiger partial charge in [0.1, 0.15) is 23.2 Å². The van der Waals surface area contributed by atoms with Crippen LogP contribution in [0.3, 0.4) is 0 Å². The van der Waals surface area contributed by atoms with E-state index in [4.69, 9.17) is 0 Å². The van der Waals surface area contributed by atoms with Crippen LogP contribution in [0.5, 0.6) is 5.75 Å². The van der Waals surface area contributed by atoms with Gasteiger partial charge in [-0.05, 0) is 12.1 Å². The predicted octanol–water partition coefficient (Wildman–Crippen LogP) is 0.280. The third-order valence-electron chi connectivity index (χ3n) is 3.22. The first-order valence-electron chi connectivity index (χ1n) is 6.00. The molecule has 2 rings (SSSR count). The summed E-state index contributed by atoms with van der Waals surface area (Å²) >= 11 is 0. The Labute approximate surface area is 114 Å². The van der Waals surface area contributed by atoms with Crippen LogP contribution in [0.15, 0.2) is 18.2 Å². The minimum atomic E-state index is -0.985. The molecule has 108 valence electrons. The van der Waals surface area contributed by atoms with Gasteiger partial charge in [0.05, 0.1) is 13.2 Å². The van der Waals surface area contributed by atoms with Crippen molar-refractivity contribution in [3.63, 3.8) is 0 Å². The van der Waals surface area contributed by atoms with Crippen LogP contribution in [0.4, 0.5) is 4.39 Å². The molecule has 1 aromatic carbocycles. The largest absolute Gasteiger partial charge is 0.507 e. The maximum absolute atomic E-state index is 13.7. The quantitative estimate of drug-likeness (QED) is 0.761. The number of halogens is 1. The number of carbonyl (C=O) groups is 2. The van der Waals surface area contributed by atoms with Crippen LogP contribution in [0.1, 0.15) is 16.8 Å². The molecular formula is C13H14FNO5. The van der Waals surface area contributed by atoms with Gasteiger partial charge in [-0.25, -0.2) is 9.18 Å². The third-order valence-corrected chi connectivity index (χ3v) is 3.22. The van der Waals surface area contributed by atoms with E-state index < -0.39 is 41.2 Å². The number of amides is 1. The Hall–Kier alpha value is -2.15. The van der Waals surface area contributed by atoms with Crippen LogP contribution in [0.2, 0.25) is 0 Å². The van der Waals surface area contributed by atoms with Crippen LogP contribution in [-0.4, -0.2) is 52.8 Å². The van der Waals surface area contributed by atoms with Crippen molar-refractivity contribution >= 4 is 11.9 Å². The standard InChI is InChI=1S/C13H14FNO5/c1-20-13(19)9-5-7(16)6-15(9)12(18)11-8(14)3-2-4-10(11)17/h2-4,7,9,16-17H,5-6H2,1H3. The lowest BCUT2D eigenvalue weighted by Gasteiger charge is -2.22. The summed E-state index contributed by atoms with van der Waals surface area (Å²) < 4.78 is 18.2. The van der Waals surface area contributed by atoms with Gasteiger partial charge in [0.2, 0.25) is 0 Å². The van der Waals surface area contributed by atoms with Gasteiger partial charge < -0.3 is 19.8 Å². The summed E-state index contributed by atoms with van der Waals surface area (Å²) in [6.45, 7) is -0.119.